The maximum atomic E-state index is 12.9. The zero-order valence-corrected chi connectivity index (χ0v) is 16.0. The van der Waals surface area contributed by atoms with Crippen molar-refractivity contribution in [1.29, 1.82) is 0 Å². The van der Waals surface area contributed by atoms with Crippen LogP contribution in [0.2, 0.25) is 0 Å². The molecule has 140 valence electrons. The quantitative estimate of drug-likeness (QED) is 0.661. The summed E-state index contributed by atoms with van der Waals surface area (Å²) in [6, 6.07) is 6.40. The summed E-state index contributed by atoms with van der Waals surface area (Å²) in [4.78, 5) is 22.4. The smallest absolute Gasteiger partial charge is 0.244 e. The molecule has 27 heavy (non-hydrogen) atoms. The first-order chi connectivity index (χ1) is 12.9. The number of hydrogen-bond acceptors (Lipinski definition) is 7. The molecule has 0 atom stereocenters. The standard InChI is InChI=1S/C17H16N4O4S2/c1-12-19-15(11-25-12)13-2-4-14(5-3-13)27(23,24)20-7-8-21(16(22)10-20)17-18-6-9-26-17/h2-6,9,11H,7-8,10H2,1H3. The molecule has 1 amide bonds. The normalized spacial score (nSPS) is 16.0. The van der Waals surface area contributed by atoms with Gasteiger partial charge in [0.05, 0.1) is 11.4 Å². The first-order valence-corrected chi connectivity index (χ1v) is 10.5. The van der Waals surface area contributed by atoms with E-state index < -0.39 is 10.0 Å². The molecule has 4 rings (SSSR count). The van der Waals surface area contributed by atoms with Crippen LogP contribution >= 0.6 is 11.3 Å². The van der Waals surface area contributed by atoms with Gasteiger partial charge in [-0.05, 0) is 12.1 Å². The number of amides is 1. The minimum atomic E-state index is -3.76. The van der Waals surface area contributed by atoms with E-state index in [0.29, 0.717) is 16.7 Å². The Hall–Kier alpha value is -2.56. The molecule has 0 bridgehead atoms. The van der Waals surface area contributed by atoms with E-state index in [1.165, 1.54) is 38.9 Å². The summed E-state index contributed by atoms with van der Waals surface area (Å²) in [6.07, 6.45) is 3.14. The average Bonchev–Trinajstić information content (AvgIpc) is 3.33. The zero-order valence-electron chi connectivity index (χ0n) is 14.4. The number of oxazole rings is 1. The molecule has 3 aromatic rings. The highest BCUT2D eigenvalue weighted by Crippen LogP contribution is 2.25. The SMILES string of the molecule is Cc1nc(-c2ccc(S(=O)(=O)N3CCN(c4nccs4)C(=O)C3)cc2)co1. The molecule has 0 saturated carbocycles. The van der Waals surface area contributed by atoms with E-state index in [-0.39, 0.29) is 30.4 Å². The Labute approximate surface area is 160 Å². The Balaban J connectivity index is 1.52. The molecule has 0 unspecified atom stereocenters. The van der Waals surface area contributed by atoms with Crippen molar-refractivity contribution in [2.24, 2.45) is 0 Å². The molecular weight excluding hydrogens is 388 g/mol. The van der Waals surface area contributed by atoms with Gasteiger partial charge in [0.15, 0.2) is 11.0 Å². The van der Waals surface area contributed by atoms with Crippen molar-refractivity contribution < 1.29 is 17.6 Å². The predicted octanol–water partition coefficient (Wildman–Crippen LogP) is 2.14. The van der Waals surface area contributed by atoms with Crippen LogP contribution in [0.15, 0.2) is 51.4 Å². The summed E-state index contributed by atoms with van der Waals surface area (Å²) in [5.41, 5.74) is 1.40. The number of thiazole rings is 1. The van der Waals surface area contributed by atoms with Gasteiger partial charge in [-0.3, -0.25) is 9.69 Å². The molecule has 1 aromatic carbocycles. The van der Waals surface area contributed by atoms with Crippen LogP contribution in [-0.4, -0.2) is 48.2 Å². The van der Waals surface area contributed by atoms with Crippen LogP contribution in [0.4, 0.5) is 5.13 Å². The molecule has 0 N–H and O–H groups in total. The number of sulfonamides is 1. The van der Waals surface area contributed by atoms with Crippen molar-refractivity contribution in [1.82, 2.24) is 14.3 Å². The van der Waals surface area contributed by atoms with Gasteiger partial charge in [-0.25, -0.2) is 18.4 Å². The third-order valence-electron chi connectivity index (χ3n) is 4.24. The lowest BCUT2D eigenvalue weighted by Crippen LogP contribution is -2.52. The van der Waals surface area contributed by atoms with Crippen molar-refractivity contribution in [2.75, 3.05) is 24.5 Å². The lowest BCUT2D eigenvalue weighted by Gasteiger charge is -2.32. The summed E-state index contributed by atoms with van der Waals surface area (Å²) in [7, 11) is -3.76. The van der Waals surface area contributed by atoms with Gasteiger partial charge in [0.2, 0.25) is 15.9 Å². The van der Waals surface area contributed by atoms with Gasteiger partial charge in [0.1, 0.15) is 12.0 Å². The number of carbonyl (C=O) groups excluding carboxylic acids is 1. The number of aryl methyl sites for hydroxylation is 1. The number of nitrogens with zero attached hydrogens (tertiary/aromatic N) is 4. The lowest BCUT2D eigenvalue weighted by molar-refractivity contribution is -0.119. The molecule has 0 aliphatic carbocycles. The first kappa shape index (κ1) is 17.8. The second-order valence-corrected chi connectivity index (χ2v) is 8.79. The van der Waals surface area contributed by atoms with Crippen LogP contribution in [-0.2, 0) is 14.8 Å². The van der Waals surface area contributed by atoms with Gasteiger partial charge in [0.25, 0.3) is 0 Å². The molecule has 1 saturated heterocycles. The fourth-order valence-corrected chi connectivity index (χ4v) is 4.92. The van der Waals surface area contributed by atoms with Gasteiger partial charge in [-0.1, -0.05) is 12.1 Å². The van der Waals surface area contributed by atoms with Crippen LogP contribution < -0.4 is 4.90 Å². The molecule has 2 aromatic heterocycles. The second-order valence-electron chi connectivity index (χ2n) is 5.97. The lowest BCUT2D eigenvalue weighted by atomic mass is 10.2. The van der Waals surface area contributed by atoms with E-state index in [9.17, 15) is 13.2 Å². The highest BCUT2D eigenvalue weighted by Gasteiger charge is 2.34. The number of piperazine rings is 1. The molecule has 0 radical (unpaired) electrons. The van der Waals surface area contributed by atoms with Crippen molar-refractivity contribution in [3.63, 3.8) is 0 Å². The third-order valence-corrected chi connectivity index (χ3v) is 6.90. The number of aromatic nitrogens is 2. The fraction of sp³-hybridized carbons (Fsp3) is 0.235. The maximum absolute atomic E-state index is 12.9. The Bertz CT molecular complexity index is 1060. The van der Waals surface area contributed by atoms with Crippen molar-refractivity contribution in [2.45, 2.75) is 11.8 Å². The van der Waals surface area contributed by atoms with Crippen molar-refractivity contribution in [3.8, 4) is 11.3 Å². The van der Waals surface area contributed by atoms with Crippen LogP contribution in [0.1, 0.15) is 5.89 Å². The second kappa shape index (κ2) is 6.87. The summed E-state index contributed by atoms with van der Waals surface area (Å²) in [6.45, 7) is 2.04. The molecule has 3 heterocycles. The minimum Gasteiger partial charge on any atom is -0.449 e. The van der Waals surface area contributed by atoms with Crippen molar-refractivity contribution in [3.05, 3.63) is 48.0 Å². The van der Waals surface area contributed by atoms with Gasteiger partial charge in [0, 0.05) is 37.2 Å². The number of anilines is 1. The van der Waals surface area contributed by atoms with Gasteiger partial charge in [-0.2, -0.15) is 4.31 Å². The van der Waals surface area contributed by atoms with E-state index in [0.717, 1.165) is 5.56 Å². The molecule has 1 fully saturated rings. The summed E-state index contributed by atoms with van der Waals surface area (Å²) in [5, 5.41) is 2.37. The number of rotatable bonds is 4. The molecule has 8 nitrogen and oxygen atoms in total. The minimum absolute atomic E-state index is 0.141. The summed E-state index contributed by atoms with van der Waals surface area (Å²) >= 11 is 1.35. The fourth-order valence-electron chi connectivity index (χ4n) is 2.85. The number of hydrogen-bond donors (Lipinski definition) is 0. The zero-order chi connectivity index (χ0) is 19.0. The van der Waals surface area contributed by atoms with Gasteiger partial charge >= 0.3 is 0 Å². The van der Waals surface area contributed by atoms with E-state index in [4.69, 9.17) is 4.42 Å². The molecule has 10 heteroatoms. The molecule has 1 aliphatic rings. The van der Waals surface area contributed by atoms with Crippen LogP contribution in [0.5, 0.6) is 0 Å². The maximum Gasteiger partial charge on any atom is 0.244 e. The summed E-state index contributed by atoms with van der Waals surface area (Å²) in [5.74, 6) is 0.257. The highest BCUT2D eigenvalue weighted by atomic mass is 32.2. The Morgan fingerprint density at radius 3 is 2.56 bits per heavy atom. The van der Waals surface area contributed by atoms with E-state index >= 15 is 0 Å². The van der Waals surface area contributed by atoms with Gasteiger partial charge < -0.3 is 4.42 Å². The highest BCUT2D eigenvalue weighted by molar-refractivity contribution is 7.89. The Morgan fingerprint density at radius 2 is 1.96 bits per heavy atom. The largest absolute Gasteiger partial charge is 0.449 e. The van der Waals surface area contributed by atoms with Crippen LogP contribution in [0, 0.1) is 6.92 Å². The van der Waals surface area contributed by atoms with E-state index in [1.807, 2.05) is 0 Å². The third kappa shape index (κ3) is 3.38. The number of carbonyl (C=O) groups is 1. The summed E-state index contributed by atoms with van der Waals surface area (Å²) < 4.78 is 32.2. The molecular formula is C17H16N4O4S2. The molecule has 0 spiro atoms. The van der Waals surface area contributed by atoms with Crippen LogP contribution in [0.3, 0.4) is 0 Å². The van der Waals surface area contributed by atoms with E-state index in [1.54, 1.807) is 30.6 Å². The van der Waals surface area contributed by atoms with Crippen LogP contribution in [0.25, 0.3) is 11.3 Å². The topological polar surface area (TPSA) is 96.6 Å². The molecule has 1 aliphatic heterocycles. The van der Waals surface area contributed by atoms with E-state index in [2.05, 4.69) is 9.97 Å². The number of benzene rings is 1. The first-order valence-electron chi connectivity index (χ1n) is 8.18. The predicted molar refractivity (Wildman–Crippen MR) is 99.9 cm³/mol. The van der Waals surface area contributed by atoms with Crippen molar-refractivity contribution >= 4 is 32.4 Å². The Kier molecular flexibility index (Phi) is 4.54. The Morgan fingerprint density at radius 1 is 1.19 bits per heavy atom. The average molecular weight is 404 g/mol. The van der Waals surface area contributed by atoms with Gasteiger partial charge in [-0.15, -0.1) is 11.3 Å². The monoisotopic (exact) mass is 404 g/mol.